The van der Waals surface area contributed by atoms with Crippen LogP contribution in [-0.4, -0.2) is 66.2 Å². The SMILES string of the molecule is COC(=O)[C@H](C[C@H]1CC2(CCNCC2)N(C(=O)C(C)(C)C)C1=O)NC(=O)OC(C)(C)C. The number of piperidine rings is 1. The van der Waals surface area contributed by atoms with Crippen molar-refractivity contribution >= 4 is 23.9 Å². The summed E-state index contributed by atoms with van der Waals surface area (Å²) in [6.07, 6.45) is 1.08. The Balaban J connectivity index is 2.26. The van der Waals surface area contributed by atoms with E-state index in [9.17, 15) is 19.2 Å². The standard InChI is InChI=1S/C22H37N3O6/c1-20(2,3)18(28)25-16(26)14(13-22(25)8-10-23-11-9-22)12-15(17(27)30-7)24-19(29)31-21(4,5)6/h14-15,23H,8-13H2,1-7H3,(H,24,29)/t14-,15-/m0/s1. The Morgan fingerprint density at radius 2 is 1.74 bits per heavy atom. The number of esters is 1. The van der Waals surface area contributed by atoms with Crippen LogP contribution in [0.2, 0.25) is 0 Å². The zero-order valence-corrected chi connectivity index (χ0v) is 19.8. The molecular formula is C22H37N3O6. The fourth-order valence-corrected chi connectivity index (χ4v) is 4.30. The summed E-state index contributed by atoms with van der Waals surface area (Å²) in [5.74, 6) is -1.74. The van der Waals surface area contributed by atoms with E-state index in [0.29, 0.717) is 32.4 Å². The summed E-state index contributed by atoms with van der Waals surface area (Å²) >= 11 is 0. The van der Waals surface area contributed by atoms with Gasteiger partial charge in [-0.15, -0.1) is 0 Å². The minimum atomic E-state index is -1.04. The van der Waals surface area contributed by atoms with Gasteiger partial charge < -0.3 is 20.1 Å². The molecule has 2 rings (SSSR count). The van der Waals surface area contributed by atoms with E-state index in [1.165, 1.54) is 12.0 Å². The normalized spacial score (nSPS) is 22.2. The average molecular weight is 440 g/mol. The second-order valence-electron chi connectivity index (χ2n) is 10.6. The van der Waals surface area contributed by atoms with Gasteiger partial charge in [0, 0.05) is 11.3 Å². The monoisotopic (exact) mass is 439 g/mol. The lowest BCUT2D eigenvalue weighted by Gasteiger charge is -2.42. The van der Waals surface area contributed by atoms with Crippen molar-refractivity contribution in [3.63, 3.8) is 0 Å². The van der Waals surface area contributed by atoms with Crippen LogP contribution in [0.25, 0.3) is 0 Å². The maximum Gasteiger partial charge on any atom is 0.408 e. The maximum atomic E-state index is 13.4. The zero-order valence-electron chi connectivity index (χ0n) is 19.8. The van der Waals surface area contributed by atoms with Gasteiger partial charge in [0.05, 0.1) is 12.6 Å². The van der Waals surface area contributed by atoms with Crippen molar-refractivity contribution in [2.24, 2.45) is 11.3 Å². The molecule has 2 N–H and O–H groups in total. The summed E-state index contributed by atoms with van der Waals surface area (Å²) in [5, 5.41) is 5.82. The van der Waals surface area contributed by atoms with Gasteiger partial charge in [-0.25, -0.2) is 9.59 Å². The predicted molar refractivity (Wildman–Crippen MR) is 114 cm³/mol. The second kappa shape index (κ2) is 9.14. The highest BCUT2D eigenvalue weighted by Crippen LogP contribution is 2.44. The third kappa shape index (κ3) is 5.96. The van der Waals surface area contributed by atoms with E-state index in [1.807, 2.05) is 0 Å². The lowest BCUT2D eigenvalue weighted by Crippen LogP contribution is -2.57. The van der Waals surface area contributed by atoms with E-state index in [-0.39, 0.29) is 18.2 Å². The number of ether oxygens (including phenoxy) is 2. The van der Waals surface area contributed by atoms with Crippen LogP contribution in [0.4, 0.5) is 4.79 Å². The number of methoxy groups -OCH3 is 1. The van der Waals surface area contributed by atoms with E-state index >= 15 is 0 Å². The van der Waals surface area contributed by atoms with Gasteiger partial charge in [0.15, 0.2) is 0 Å². The molecule has 0 aromatic carbocycles. The first-order valence-corrected chi connectivity index (χ1v) is 10.9. The molecule has 176 valence electrons. The van der Waals surface area contributed by atoms with E-state index in [1.54, 1.807) is 41.5 Å². The molecule has 0 radical (unpaired) electrons. The number of amides is 3. The Hall–Kier alpha value is -2.16. The van der Waals surface area contributed by atoms with Gasteiger partial charge in [-0.2, -0.15) is 0 Å². The molecule has 9 nitrogen and oxygen atoms in total. The van der Waals surface area contributed by atoms with Crippen molar-refractivity contribution in [1.82, 2.24) is 15.5 Å². The molecule has 0 aromatic rings. The largest absolute Gasteiger partial charge is 0.467 e. The van der Waals surface area contributed by atoms with Gasteiger partial charge in [-0.3, -0.25) is 14.5 Å². The maximum absolute atomic E-state index is 13.4. The smallest absolute Gasteiger partial charge is 0.408 e. The summed E-state index contributed by atoms with van der Waals surface area (Å²) in [4.78, 5) is 52.7. The average Bonchev–Trinajstić information content (AvgIpc) is 2.89. The zero-order chi connectivity index (χ0) is 23.6. The molecule has 31 heavy (non-hydrogen) atoms. The molecule has 2 heterocycles. The molecule has 1 spiro atoms. The molecule has 9 heteroatoms. The lowest BCUT2D eigenvalue weighted by molar-refractivity contribution is -0.155. The van der Waals surface area contributed by atoms with E-state index in [2.05, 4.69) is 10.6 Å². The van der Waals surface area contributed by atoms with E-state index < -0.39 is 40.6 Å². The fraction of sp³-hybridized carbons (Fsp3) is 0.818. The van der Waals surface area contributed by atoms with Crippen molar-refractivity contribution in [3.8, 4) is 0 Å². The Kier molecular flexibility index (Phi) is 7.40. The Morgan fingerprint density at radius 3 is 2.23 bits per heavy atom. The molecular weight excluding hydrogens is 402 g/mol. The summed E-state index contributed by atoms with van der Waals surface area (Å²) in [7, 11) is 1.23. The number of nitrogens with one attached hydrogen (secondary N) is 2. The molecule has 0 aromatic heterocycles. The first-order chi connectivity index (χ1) is 14.2. The van der Waals surface area contributed by atoms with Crippen LogP contribution >= 0.6 is 0 Å². The number of alkyl carbamates (subject to hydrolysis) is 1. The van der Waals surface area contributed by atoms with Crippen LogP contribution in [0.1, 0.15) is 67.2 Å². The van der Waals surface area contributed by atoms with Crippen LogP contribution in [-0.2, 0) is 23.9 Å². The van der Waals surface area contributed by atoms with Crippen LogP contribution in [0, 0.1) is 11.3 Å². The van der Waals surface area contributed by atoms with E-state index in [0.717, 1.165) is 0 Å². The Morgan fingerprint density at radius 1 is 1.16 bits per heavy atom. The van der Waals surface area contributed by atoms with Gasteiger partial charge in [-0.1, -0.05) is 20.8 Å². The summed E-state index contributed by atoms with van der Waals surface area (Å²) < 4.78 is 10.1. The van der Waals surface area contributed by atoms with E-state index in [4.69, 9.17) is 9.47 Å². The number of imide groups is 1. The molecule has 0 bridgehead atoms. The van der Waals surface area contributed by atoms with Crippen LogP contribution in [0.5, 0.6) is 0 Å². The highest BCUT2D eigenvalue weighted by molar-refractivity contribution is 6.01. The highest BCUT2D eigenvalue weighted by atomic mass is 16.6. The molecule has 0 aliphatic carbocycles. The Bertz CT molecular complexity index is 716. The minimum Gasteiger partial charge on any atom is -0.467 e. The number of hydrogen-bond donors (Lipinski definition) is 2. The molecule has 2 saturated heterocycles. The van der Waals surface area contributed by atoms with Gasteiger partial charge in [0.2, 0.25) is 11.8 Å². The minimum absolute atomic E-state index is 0.0495. The van der Waals surface area contributed by atoms with Crippen molar-refractivity contribution in [1.29, 1.82) is 0 Å². The molecule has 2 aliphatic rings. The first-order valence-electron chi connectivity index (χ1n) is 10.9. The molecule has 3 amide bonds. The summed E-state index contributed by atoms with van der Waals surface area (Å²) in [6, 6.07) is -1.04. The quantitative estimate of drug-likeness (QED) is 0.644. The lowest BCUT2D eigenvalue weighted by atomic mass is 9.81. The van der Waals surface area contributed by atoms with Crippen LogP contribution in [0.15, 0.2) is 0 Å². The highest BCUT2D eigenvalue weighted by Gasteiger charge is 2.55. The molecule has 0 unspecified atom stereocenters. The number of carbonyl (C=O) groups is 4. The number of nitrogens with zero attached hydrogens (tertiary/aromatic N) is 1. The third-order valence-electron chi connectivity index (χ3n) is 5.75. The van der Waals surface area contributed by atoms with Gasteiger partial charge >= 0.3 is 12.1 Å². The fourth-order valence-electron chi connectivity index (χ4n) is 4.30. The summed E-state index contributed by atoms with van der Waals surface area (Å²) in [5.41, 5.74) is -2.01. The number of carbonyl (C=O) groups excluding carboxylic acids is 4. The van der Waals surface area contributed by atoms with Crippen molar-refractivity contribution in [2.75, 3.05) is 20.2 Å². The molecule has 2 atom stereocenters. The molecule has 2 aliphatic heterocycles. The van der Waals surface area contributed by atoms with Crippen molar-refractivity contribution in [2.45, 2.75) is 84.4 Å². The topological polar surface area (TPSA) is 114 Å². The van der Waals surface area contributed by atoms with Crippen molar-refractivity contribution in [3.05, 3.63) is 0 Å². The molecule has 2 fully saturated rings. The third-order valence-corrected chi connectivity index (χ3v) is 5.75. The van der Waals surface area contributed by atoms with Gasteiger partial charge in [0.25, 0.3) is 0 Å². The van der Waals surface area contributed by atoms with Crippen molar-refractivity contribution < 1.29 is 28.7 Å². The van der Waals surface area contributed by atoms with Crippen LogP contribution in [0.3, 0.4) is 0 Å². The molecule has 0 saturated carbocycles. The van der Waals surface area contributed by atoms with Gasteiger partial charge in [-0.05, 0) is 59.5 Å². The van der Waals surface area contributed by atoms with Crippen LogP contribution < -0.4 is 10.6 Å². The predicted octanol–water partition coefficient (Wildman–Crippen LogP) is 1.99. The second-order valence-corrected chi connectivity index (χ2v) is 10.6. The number of hydrogen-bond acceptors (Lipinski definition) is 7. The first kappa shape index (κ1) is 25.1. The number of rotatable bonds is 4. The van der Waals surface area contributed by atoms with Gasteiger partial charge in [0.1, 0.15) is 11.6 Å². The summed E-state index contributed by atoms with van der Waals surface area (Å²) in [6.45, 7) is 12.0. The Labute approximate surface area is 184 Å². The number of likely N-dealkylation sites (tertiary alicyclic amines) is 1.